The highest BCUT2D eigenvalue weighted by Crippen LogP contribution is 2.09. The van der Waals surface area contributed by atoms with Crippen molar-refractivity contribution >= 4 is 17.7 Å². The van der Waals surface area contributed by atoms with E-state index in [0.717, 1.165) is 0 Å². The molecule has 0 fully saturated rings. The average molecular weight is 389 g/mol. The van der Waals surface area contributed by atoms with Crippen LogP contribution in [0.2, 0.25) is 0 Å². The van der Waals surface area contributed by atoms with E-state index in [4.69, 9.17) is 4.42 Å². The fourth-order valence-electron chi connectivity index (χ4n) is 2.51. The summed E-state index contributed by atoms with van der Waals surface area (Å²) in [5.41, 5.74) is -0.148. The molecular formula is C20H24FN3O4. The van der Waals surface area contributed by atoms with E-state index in [9.17, 15) is 18.8 Å². The summed E-state index contributed by atoms with van der Waals surface area (Å²) in [6.07, 6.45) is 1.50. The van der Waals surface area contributed by atoms with Gasteiger partial charge in [-0.15, -0.1) is 0 Å². The molecule has 3 amide bonds. The number of rotatable bonds is 8. The van der Waals surface area contributed by atoms with Crippen LogP contribution in [0.5, 0.6) is 0 Å². The van der Waals surface area contributed by atoms with Gasteiger partial charge in [0.25, 0.3) is 5.91 Å². The number of nitrogens with one attached hydrogen (secondary N) is 3. The predicted octanol–water partition coefficient (Wildman–Crippen LogP) is 1.99. The summed E-state index contributed by atoms with van der Waals surface area (Å²) < 4.78 is 18.9. The fraction of sp³-hybridized carbons (Fsp3) is 0.350. The third kappa shape index (κ3) is 5.67. The largest absolute Gasteiger partial charge is 0.467 e. The Kier molecular flexibility index (Phi) is 7.31. The Hall–Kier alpha value is -3.16. The van der Waals surface area contributed by atoms with Crippen LogP contribution in [0, 0.1) is 11.7 Å². The van der Waals surface area contributed by atoms with E-state index in [2.05, 4.69) is 16.0 Å². The fourth-order valence-corrected chi connectivity index (χ4v) is 2.51. The van der Waals surface area contributed by atoms with Crippen LogP contribution in [-0.2, 0) is 16.1 Å². The molecule has 2 atom stereocenters. The molecule has 0 aliphatic rings. The highest BCUT2D eigenvalue weighted by Gasteiger charge is 2.28. The number of hydrogen-bond donors (Lipinski definition) is 3. The predicted molar refractivity (Wildman–Crippen MR) is 101 cm³/mol. The first-order valence-corrected chi connectivity index (χ1v) is 8.95. The van der Waals surface area contributed by atoms with Crippen LogP contribution in [0.4, 0.5) is 4.39 Å². The highest BCUT2D eigenvalue weighted by molar-refractivity contribution is 5.98. The van der Waals surface area contributed by atoms with Gasteiger partial charge in [-0.1, -0.05) is 26.0 Å². The maximum Gasteiger partial charge on any atom is 0.254 e. The van der Waals surface area contributed by atoms with Gasteiger partial charge in [0.15, 0.2) is 0 Å². The molecule has 1 aromatic heterocycles. The molecule has 0 radical (unpaired) electrons. The van der Waals surface area contributed by atoms with E-state index in [1.54, 1.807) is 26.0 Å². The second-order valence-electron chi connectivity index (χ2n) is 6.70. The monoisotopic (exact) mass is 389 g/mol. The Labute approximate surface area is 162 Å². The Balaban J connectivity index is 1.95. The summed E-state index contributed by atoms with van der Waals surface area (Å²) in [5.74, 6) is -1.97. The summed E-state index contributed by atoms with van der Waals surface area (Å²) in [5, 5.41) is 7.75. The van der Waals surface area contributed by atoms with Crippen LogP contribution >= 0.6 is 0 Å². The lowest BCUT2D eigenvalue weighted by molar-refractivity contribution is -0.130. The van der Waals surface area contributed by atoms with Crippen molar-refractivity contribution in [3.8, 4) is 0 Å². The van der Waals surface area contributed by atoms with Gasteiger partial charge in [0, 0.05) is 0 Å². The molecule has 7 nitrogen and oxygen atoms in total. The molecule has 0 aliphatic heterocycles. The van der Waals surface area contributed by atoms with Crippen molar-refractivity contribution in [3.63, 3.8) is 0 Å². The van der Waals surface area contributed by atoms with Crippen molar-refractivity contribution in [1.29, 1.82) is 0 Å². The average Bonchev–Trinajstić information content (AvgIpc) is 3.17. The third-order valence-electron chi connectivity index (χ3n) is 4.12. The van der Waals surface area contributed by atoms with Gasteiger partial charge in [-0.2, -0.15) is 0 Å². The third-order valence-corrected chi connectivity index (χ3v) is 4.12. The number of carbonyl (C=O) groups excluding carboxylic acids is 3. The van der Waals surface area contributed by atoms with Crippen LogP contribution in [0.3, 0.4) is 0 Å². The zero-order valence-electron chi connectivity index (χ0n) is 16.0. The van der Waals surface area contributed by atoms with Crippen LogP contribution in [-0.4, -0.2) is 29.8 Å². The summed E-state index contributed by atoms with van der Waals surface area (Å²) in [4.78, 5) is 37.0. The normalized spacial score (nSPS) is 12.9. The van der Waals surface area contributed by atoms with Crippen LogP contribution < -0.4 is 16.0 Å². The lowest BCUT2D eigenvalue weighted by atomic mass is 10.0. The summed E-state index contributed by atoms with van der Waals surface area (Å²) in [6, 6.07) is 7.20. The van der Waals surface area contributed by atoms with Gasteiger partial charge < -0.3 is 20.4 Å². The minimum absolute atomic E-state index is 0.148. The van der Waals surface area contributed by atoms with Crippen molar-refractivity contribution in [1.82, 2.24) is 16.0 Å². The van der Waals surface area contributed by atoms with Crippen molar-refractivity contribution < 1.29 is 23.2 Å². The zero-order chi connectivity index (χ0) is 20.7. The van der Waals surface area contributed by atoms with E-state index in [1.807, 2.05) is 0 Å². The molecule has 0 aliphatic carbocycles. The molecular weight excluding hydrogens is 365 g/mol. The molecule has 0 saturated heterocycles. The second kappa shape index (κ2) is 9.68. The molecule has 8 heteroatoms. The van der Waals surface area contributed by atoms with E-state index in [1.165, 1.54) is 37.5 Å². The Morgan fingerprint density at radius 2 is 1.71 bits per heavy atom. The molecule has 0 saturated carbocycles. The summed E-state index contributed by atoms with van der Waals surface area (Å²) in [6.45, 7) is 5.22. The lowest BCUT2D eigenvalue weighted by Gasteiger charge is -2.24. The number of carbonyl (C=O) groups is 3. The van der Waals surface area contributed by atoms with E-state index in [-0.39, 0.29) is 18.0 Å². The molecule has 28 heavy (non-hydrogen) atoms. The summed E-state index contributed by atoms with van der Waals surface area (Å²) >= 11 is 0. The van der Waals surface area contributed by atoms with E-state index >= 15 is 0 Å². The summed E-state index contributed by atoms with van der Waals surface area (Å²) in [7, 11) is 0. The van der Waals surface area contributed by atoms with Crippen LogP contribution in [0.15, 0.2) is 47.1 Å². The van der Waals surface area contributed by atoms with Gasteiger partial charge >= 0.3 is 0 Å². The van der Waals surface area contributed by atoms with Crippen molar-refractivity contribution in [2.75, 3.05) is 0 Å². The van der Waals surface area contributed by atoms with Gasteiger partial charge in [-0.3, -0.25) is 14.4 Å². The van der Waals surface area contributed by atoms with Gasteiger partial charge in [0.1, 0.15) is 23.7 Å². The molecule has 150 valence electrons. The van der Waals surface area contributed by atoms with Crippen molar-refractivity contribution in [2.45, 2.75) is 39.4 Å². The first kappa shape index (κ1) is 21.1. The number of amides is 3. The van der Waals surface area contributed by atoms with Gasteiger partial charge in [-0.25, -0.2) is 4.39 Å². The van der Waals surface area contributed by atoms with Crippen molar-refractivity contribution in [2.24, 2.45) is 5.92 Å². The van der Waals surface area contributed by atoms with Crippen LogP contribution in [0.25, 0.3) is 0 Å². The van der Waals surface area contributed by atoms with Crippen molar-refractivity contribution in [3.05, 3.63) is 59.8 Å². The molecule has 1 heterocycles. The van der Waals surface area contributed by atoms with Gasteiger partial charge in [0.05, 0.1) is 18.4 Å². The Morgan fingerprint density at radius 3 is 2.32 bits per heavy atom. The maximum atomic E-state index is 13.8. The zero-order valence-corrected chi connectivity index (χ0v) is 16.0. The smallest absolute Gasteiger partial charge is 0.254 e. The molecule has 2 aromatic rings. The number of furan rings is 1. The molecule has 3 N–H and O–H groups in total. The molecule has 0 spiro atoms. The molecule has 1 aromatic carbocycles. The Bertz CT molecular complexity index is 821. The van der Waals surface area contributed by atoms with E-state index in [0.29, 0.717) is 5.76 Å². The first-order chi connectivity index (χ1) is 13.3. The highest BCUT2D eigenvalue weighted by atomic mass is 19.1. The number of benzene rings is 1. The second-order valence-corrected chi connectivity index (χ2v) is 6.70. The minimum Gasteiger partial charge on any atom is -0.467 e. The quantitative estimate of drug-likeness (QED) is 0.643. The van der Waals surface area contributed by atoms with Gasteiger partial charge in [0.2, 0.25) is 11.8 Å². The first-order valence-electron chi connectivity index (χ1n) is 8.95. The standard InChI is InChI=1S/C20H24FN3O4/c1-12(2)17(24-19(26)15-8-4-5-9-16(15)21)20(27)23-13(3)18(25)22-11-14-7-6-10-28-14/h4-10,12-13,17H,11H2,1-3H3,(H,22,25)(H,23,27)(H,24,26). The number of halogens is 1. The molecule has 2 rings (SSSR count). The maximum absolute atomic E-state index is 13.8. The lowest BCUT2D eigenvalue weighted by Crippen LogP contribution is -2.54. The van der Waals surface area contributed by atoms with Crippen LogP contribution in [0.1, 0.15) is 36.9 Å². The topological polar surface area (TPSA) is 100 Å². The molecule has 0 bridgehead atoms. The van der Waals surface area contributed by atoms with Gasteiger partial charge in [-0.05, 0) is 37.1 Å². The molecule has 2 unspecified atom stereocenters. The minimum atomic E-state index is -0.924. The Morgan fingerprint density at radius 1 is 1.00 bits per heavy atom. The number of hydrogen-bond acceptors (Lipinski definition) is 4. The van der Waals surface area contributed by atoms with E-state index < -0.39 is 35.6 Å². The SMILES string of the molecule is CC(NC(=O)C(NC(=O)c1ccccc1F)C(C)C)C(=O)NCc1ccco1.